The van der Waals surface area contributed by atoms with Gasteiger partial charge in [-0.25, -0.2) is 4.79 Å². The second-order valence-corrected chi connectivity index (χ2v) is 0.470. The zero-order valence-electron chi connectivity index (χ0n) is 2.76. The average Bonchev–Trinajstić information content (AvgIpc) is 1.38. The number of rotatable bonds is 0. The van der Waals surface area contributed by atoms with E-state index in [0.29, 0.717) is 0 Å². The number of carbonyl (C=O) groups is 1. The van der Waals surface area contributed by atoms with Crippen molar-refractivity contribution in [3.63, 3.8) is 0 Å². The molecule has 0 heterocycles. The first-order valence-electron chi connectivity index (χ1n) is 1.04. The van der Waals surface area contributed by atoms with E-state index in [-0.39, 0.29) is 0 Å². The van der Waals surface area contributed by atoms with Crippen molar-refractivity contribution in [2.24, 2.45) is 0 Å². The van der Waals surface area contributed by atoms with E-state index in [4.69, 9.17) is 10.5 Å². The van der Waals surface area contributed by atoms with E-state index in [2.05, 4.69) is 4.74 Å². The summed E-state index contributed by atoms with van der Waals surface area (Å²) in [6.45, 7) is 0. The predicted octanol–water partition coefficient (Wildman–Crippen LogP) is -0.179. The summed E-state index contributed by atoms with van der Waals surface area (Å²) in [7, 11) is 1.10. The first-order chi connectivity index (χ1) is 2.27. The SMILES string of the molecule is COC([N])=O. The maximum Gasteiger partial charge on any atom is 0.452 e. The van der Waals surface area contributed by atoms with Crippen LogP contribution in [0.5, 0.6) is 0 Å². The van der Waals surface area contributed by atoms with Gasteiger partial charge in [-0.05, 0) is 0 Å². The number of nitrogens with zero attached hydrogens (tertiary/aromatic N) is 1. The lowest BCUT2D eigenvalue weighted by atomic mass is 11.3. The van der Waals surface area contributed by atoms with Crippen molar-refractivity contribution in [3.05, 3.63) is 0 Å². The maximum atomic E-state index is 9.15. The van der Waals surface area contributed by atoms with E-state index < -0.39 is 6.09 Å². The maximum absolute atomic E-state index is 9.15. The van der Waals surface area contributed by atoms with Gasteiger partial charge in [0.05, 0.1) is 7.11 Å². The highest BCUT2D eigenvalue weighted by molar-refractivity contribution is 5.63. The van der Waals surface area contributed by atoms with Crippen LogP contribution < -0.4 is 5.73 Å². The fourth-order valence-electron chi connectivity index (χ4n) is 0. The fraction of sp³-hybridized carbons (Fsp3) is 0.500. The molecule has 28 valence electrons. The van der Waals surface area contributed by atoms with Crippen molar-refractivity contribution >= 4 is 6.09 Å². The van der Waals surface area contributed by atoms with Crippen molar-refractivity contribution < 1.29 is 9.53 Å². The Balaban J connectivity index is 2.85. The Hall–Kier alpha value is -0.730. The summed E-state index contributed by atoms with van der Waals surface area (Å²) < 4.78 is 3.67. The zero-order chi connectivity index (χ0) is 4.28. The molecule has 0 aliphatic rings. The third kappa shape index (κ3) is 3.27. The van der Waals surface area contributed by atoms with Crippen LogP contribution in [-0.4, -0.2) is 13.2 Å². The molecule has 0 spiro atoms. The Kier molecular flexibility index (Phi) is 1.35. The summed E-state index contributed by atoms with van der Waals surface area (Å²) in [6, 6.07) is 0. The van der Waals surface area contributed by atoms with Gasteiger partial charge in [-0.15, -0.1) is 0 Å². The lowest BCUT2D eigenvalue weighted by Crippen LogP contribution is -1.94. The Morgan fingerprint density at radius 1 is 2.00 bits per heavy atom. The molecule has 0 aromatic rings. The highest BCUT2D eigenvalue weighted by atomic mass is 16.5. The number of hydrogen-bond acceptors (Lipinski definition) is 2. The molecule has 0 N–H and O–H groups in total. The van der Waals surface area contributed by atoms with Crippen LogP contribution in [0.1, 0.15) is 0 Å². The number of ether oxygens (including phenoxy) is 1. The third-order valence-corrected chi connectivity index (χ3v) is 0.175. The van der Waals surface area contributed by atoms with E-state index in [1.54, 1.807) is 0 Å². The Labute approximate surface area is 29.7 Å². The molecule has 0 aliphatic carbocycles. The molecule has 0 unspecified atom stereocenters. The van der Waals surface area contributed by atoms with Crippen molar-refractivity contribution in [3.8, 4) is 0 Å². The molecule has 0 aromatic carbocycles. The number of amides is 1. The number of carbonyl (C=O) groups excluding carboxylic acids is 1. The topological polar surface area (TPSA) is 48.6 Å². The summed E-state index contributed by atoms with van der Waals surface area (Å²) in [6.07, 6.45) is -1.25. The van der Waals surface area contributed by atoms with Crippen LogP contribution in [0.15, 0.2) is 0 Å². The van der Waals surface area contributed by atoms with Gasteiger partial charge < -0.3 is 4.74 Å². The molecular weight excluding hydrogens is 70.0 g/mol. The van der Waals surface area contributed by atoms with Crippen LogP contribution in [0.25, 0.3) is 0 Å². The molecule has 5 heavy (non-hydrogen) atoms. The standard InChI is InChI=1S/C2H3NO2/c1-5-2(3)4/h1H3. The molecule has 0 rings (SSSR count). The van der Waals surface area contributed by atoms with Gasteiger partial charge in [0.1, 0.15) is 0 Å². The molecule has 0 saturated carbocycles. The van der Waals surface area contributed by atoms with Gasteiger partial charge in [-0.2, -0.15) is 0 Å². The van der Waals surface area contributed by atoms with Gasteiger partial charge in [0.2, 0.25) is 0 Å². The Morgan fingerprint density at radius 3 is 2.20 bits per heavy atom. The smallest absolute Gasteiger partial charge is 0.450 e. The normalized spacial score (nSPS) is 6.60. The highest BCUT2D eigenvalue weighted by Gasteiger charge is 1.82. The quantitative estimate of drug-likeness (QED) is 0.399. The fourth-order valence-corrected chi connectivity index (χ4v) is 0. The molecule has 3 nitrogen and oxygen atoms in total. The lowest BCUT2D eigenvalue weighted by Gasteiger charge is -1.76. The average molecular weight is 73.1 g/mol. The van der Waals surface area contributed by atoms with Crippen LogP contribution in [-0.2, 0) is 4.74 Å². The summed E-state index contributed by atoms with van der Waals surface area (Å²) in [4.78, 5) is 9.15. The molecule has 0 atom stereocenters. The summed E-state index contributed by atoms with van der Waals surface area (Å²) in [5, 5.41) is 0. The minimum absolute atomic E-state index is 1.10. The van der Waals surface area contributed by atoms with E-state index in [1.807, 2.05) is 0 Å². The third-order valence-electron chi connectivity index (χ3n) is 0.175. The number of hydrogen-bond donors (Lipinski definition) is 0. The lowest BCUT2D eigenvalue weighted by molar-refractivity contribution is 0.180. The van der Waals surface area contributed by atoms with Gasteiger partial charge in [-0.1, -0.05) is 5.73 Å². The van der Waals surface area contributed by atoms with Gasteiger partial charge in [-0.3, -0.25) is 0 Å². The molecule has 0 aromatic heterocycles. The summed E-state index contributed by atoms with van der Waals surface area (Å²) in [5.74, 6) is 0. The Morgan fingerprint density at radius 2 is 2.20 bits per heavy atom. The first-order valence-corrected chi connectivity index (χ1v) is 1.04. The summed E-state index contributed by atoms with van der Waals surface area (Å²) in [5.41, 5.74) is 7.50. The predicted molar refractivity (Wildman–Crippen MR) is 14.5 cm³/mol. The van der Waals surface area contributed by atoms with E-state index >= 15 is 0 Å². The van der Waals surface area contributed by atoms with Crippen LogP contribution >= 0.6 is 0 Å². The molecule has 2 radical (unpaired) electrons. The molecule has 1 amide bonds. The van der Waals surface area contributed by atoms with E-state index in [9.17, 15) is 0 Å². The van der Waals surface area contributed by atoms with Gasteiger partial charge in [0.15, 0.2) is 0 Å². The van der Waals surface area contributed by atoms with E-state index in [0.717, 1.165) is 7.11 Å². The van der Waals surface area contributed by atoms with Gasteiger partial charge in [0, 0.05) is 0 Å². The largest absolute Gasteiger partial charge is 0.452 e. The van der Waals surface area contributed by atoms with Crippen molar-refractivity contribution in [1.29, 1.82) is 0 Å². The Bertz CT molecular complexity index is 42.9. The second kappa shape index (κ2) is 1.58. The van der Waals surface area contributed by atoms with Crippen LogP contribution in [0.3, 0.4) is 0 Å². The van der Waals surface area contributed by atoms with E-state index in [1.165, 1.54) is 0 Å². The van der Waals surface area contributed by atoms with Crippen molar-refractivity contribution in [2.75, 3.05) is 7.11 Å². The van der Waals surface area contributed by atoms with Crippen LogP contribution in [0, 0.1) is 0 Å². The molecular formula is C2H3NO2. The molecule has 0 bridgehead atoms. The molecule has 0 saturated heterocycles. The molecule has 3 heteroatoms. The minimum Gasteiger partial charge on any atom is -0.450 e. The first kappa shape index (κ1) is 4.27. The monoisotopic (exact) mass is 73.0 g/mol. The van der Waals surface area contributed by atoms with Crippen molar-refractivity contribution in [1.82, 2.24) is 5.73 Å². The van der Waals surface area contributed by atoms with Crippen LogP contribution in [0.4, 0.5) is 4.79 Å². The zero-order valence-corrected chi connectivity index (χ0v) is 2.76. The highest BCUT2D eigenvalue weighted by Crippen LogP contribution is 1.58. The van der Waals surface area contributed by atoms with Crippen LogP contribution in [0.2, 0.25) is 0 Å². The minimum atomic E-state index is -1.25. The van der Waals surface area contributed by atoms with Gasteiger partial charge in [0.25, 0.3) is 0 Å². The molecule has 0 aliphatic heterocycles. The second-order valence-electron chi connectivity index (χ2n) is 0.470. The van der Waals surface area contributed by atoms with Crippen molar-refractivity contribution in [2.45, 2.75) is 0 Å². The summed E-state index contributed by atoms with van der Waals surface area (Å²) >= 11 is 0. The number of methoxy groups -OCH3 is 1. The molecule has 0 fully saturated rings. The van der Waals surface area contributed by atoms with Gasteiger partial charge >= 0.3 is 6.09 Å².